The number of anilines is 1. The molecule has 6 nitrogen and oxygen atoms in total. The number of para-hydroxylation sites is 1. The fourth-order valence-electron chi connectivity index (χ4n) is 2.95. The van der Waals surface area contributed by atoms with Crippen LogP contribution in [-0.4, -0.2) is 28.8 Å². The topological polar surface area (TPSA) is 73.2 Å². The van der Waals surface area contributed by atoms with Crippen LogP contribution in [0.4, 0.5) is 14.5 Å². The third kappa shape index (κ3) is 4.08. The number of ether oxygens (including phenoxy) is 1. The molecule has 0 bridgehead atoms. The van der Waals surface area contributed by atoms with Crippen molar-refractivity contribution in [1.29, 1.82) is 0 Å². The van der Waals surface area contributed by atoms with E-state index in [1.165, 1.54) is 17.5 Å². The largest absolute Gasteiger partial charge is 0.465 e. The highest BCUT2D eigenvalue weighted by Crippen LogP contribution is 2.29. The highest BCUT2D eigenvalue weighted by molar-refractivity contribution is 7.13. The summed E-state index contributed by atoms with van der Waals surface area (Å²) in [5.41, 5.74) is 0.496. The van der Waals surface area contributed by atoms with Crippen molar-refractivity contribution in [3.8, 4) is 16.3 Å². The molecule has 4 aromatic rings. The van der Waals surface area contributed by atoms with Gasteiger partial charge < -0.3 is 10.1 Å². The Balaban J connectivity index is 1.74. The predicted octanol–water partition coefficient (Wildman–Crippen LogP) is 4.92. The molecule has 2 aromatic heterocycles. The van der Waals surface area contributed by atoms with Crippen molar-refractivity contribution in [3.05, 3.63) is 88.9 Å². The van der Waals surface area contributed by atoms with E-state index in [-0.39, 0.29) is 11.3 Å². The molecule has 0 saturated heterocycles. The smallest absolute Gasteiger partial charge is 0.340 e. The van der Waals surface area contributed by atoms with Crippen LogP contribution in [0.1, 0.15) is 20.7 Å². The summed E-state index contributed by atoms with van der Waals surface area (Å²) in [5, 5.41) is 8.77. The molecule has 0 aliphatic carbocycles. The van der Waals surface area contributed by atoms with Crippen LogP contribution >= 0.6 is 11.3 Å². The van der Waals surface area contributed by atoms with E-state index in [1.54, 1.807) is 4.68 Å². The minimum Gasteiger partial charge on any atom is -0.465 e. The van der Waals surface area contributed by atoms with E-state index >= 15 is 0 Å². The third-order valence-electron chi connectivity index (χ3n) is 4.44. The molecule has 0 unspecified atom stereocenters. The SMILES string of the molecule is COC(=O)c1cc(NC(=O)c2cn(-c3ccccc3)nc2-c2cccs2)c(F)cc1F. The standard InChI is InChI=1S/C22H15F2N3O3S/c1-30-22(29)14-10-18(17(24)11-16(14)23)25-21(28)15-12-27(13-6-3-2-4-7-13)26-20(15)19-8-5-9-31-19/h2-12H,1H3,(H,25,28). The lowest BCUT2D eigenvalue weighted by Gasteiger charge is -2.09. The number of aromatic nitrogens is 2. The van der Waals surface area contributed by atoms with E-state index < -0.39 is 29.1 Å². The zero-order valence-electron chi connectivity index (χ0n) is 16.1. The molecule has 0 fully saturated rings. The molecule has 0 aliphatic rings. The summed E-state index contributed by atoms with van der Waals surface area (Å²) in [6.07, 6.45) is 1.53. The van der Waals surface area contributed by atoms with Gasteiger partial charge in [-0.15, -0.1) is 11.3 Å². The second kappa shape index (κ2) is 8.49. The summed E-state index contributed by atoms with van der Waals surface area (Å²) in [7, 11) is 1.08. The summed E-state index contributed by atoms with van der Waals surface area (Å²) < 4.78 is 34.2. The van der Waals surface area contributed by atoms with Crippen LogP contribution in [0, 0.1) is 11.6 Å². The van der Waals surface area contributed by atoms with Crippen LogP contribution in [0.2, 0.25) is 0 Å². The van der Waals surface area contributed by atoms with Gasteiger partial charge >= 0.3 is 5.97 Å². The molecule has 0 spiro atoms. The highest BCUT2D eigenvalue weighted by atomic mass is 32.1. The van der Waals surface area contributed by atoms with E-state index in [1.807, 2.05) is 47.8 Å². The number of benzene rings is 2. The molecule has 31 heavy (non-hydrogen) atoms. The molecule has 0 saturated carbocycles. The Hall–Kier alpha value is -3.85. The van der Waals surface area contributed by atoms with Crippen molar-refractivity contribution in [2.24, 2.45) is 0 Å². The van der Waals surface area contributed by atoms with Crippen molar-refractivity contribution in [2.75, 3.05) is 12.4 Å². The van der Waals surface area contributed by atoms with E-state index in [9.17, 15) is 18.4 Å². The van der Waals surface area contributed by atoms with Gasteiger partial charge in [0.05, 0.1) is 34.5 Å². The number of nitrogens with zero attached hydrogens (tertiary/aromatic N) is 2. The van der Waals surface area contributed by atoms with Gasteiger partial charge in [0.2, 0.25) is 0 Å². The third-order valence-corrected chi connectivity index (χ3v) is 5.32. The van der Waals surface area contributed by atoms with Gasteiger partial charge in [-0.2, -0.15) is 5.10 Å². The second-order valence-corrected chi connectivity index (χ2v) is 7.35. The Bertz CT molecular complexity index is 1250. The maximum absolute atomic E-state index is 14.3. The van der Waals surface area contributed by atoms with Crippen molar-refractivity contribution in [3.63, 3.8) is 0 Å². The Labute approximate surface area is 179 Å². The molecule has 2 aromatic carbocycles. The lowest BCUT2D eigenvalue weighted by Crippen LogP contribution is -2.15. The summed E-state index contributed by atoms with van der Waals surface area (Å²) in [6, 6.07) is 14.3. The number of halogens is 2. The van der Waals surface area contributed by atoms with Crippen LogP contribution in [0.5, 0.6) is 0 Å². The van der Waals surface area contributed by atoms with Gasteiger partial charge in [0.15, 0.2) is 0 Å². The van der Waals surface area contributed by atoms with Gasteiger partial charge in [-0.3, -0.25) is 4.79 Å². The van der Waals surface area contributed by atoms with Gasteiger partial charge in [0.1, 0.15) is 17.3 Å². The van der Waals surface area contributed by atoms with Gasteiger partial charge in [0.25, 0.3) is 5.91 Å². The Morgan fingerprint density at radius 3 is 2.48 bits per heavy atom. The maximum atomic E-state index is 14.3. The lowest BCUT2D eigenvalue weighted by molar-refractivity contribution is 0.0595. The van der Waals surface area contributed by atoms with E-state index in [4.69, 9.17) is 0 Å². The quantitative estimate of drug-likeness (QED) is 0.448. The average molecular weight is 439 g/mol. The molecular formula is C22H15F2N3O3S. The van der Waals surface area contributed by atoms with Gasteiger partial charge in [-0.25, -0.2) is 18.3 Å². The lowest BCUT2D eigenvalue weighted by atomic mass is 10.1. The van der Waals surface area contributed by atoms with E-state index in [0.29, 0.717) is 11.8 Å². The molecule has 2 heterocycles. The minimum absolute atomic E-state index is 0.189. The van der Waals surface area contributed by atoms with Crippen molar-refractivity contribution < 1.29 is 23.1 Å². The summed E-state index contributed by atoms with van der Waals surface area (Å²) in [4.78, 5) is 25.5. The summed E-state index contributed by atoms with van der Waals surface area (Å²) >= 11 is 1.40. The zero-order valence-corrected chi connectivity index (χ0v) is 17.0. The van der Waals surface area contributed by atoms with Crippen LogP contribution in [0.25, 0.3) is 16.3 Å². The number of hydrogen-bond acceptors (Lipinski definition) is 5. The molecule has 0 atom stereocenters. The Kier molecular flexibility index (Phi) is 5.59. The molecule has 9 heteroatoms. The van der Waals surface area contributed by atoms with Crippen molar-refractivity contribution >= 4 is 28.9 Å². The van der Waals surface area contributed by atoms with Gasteiger partial charge in [-0.1, -0.05) is 24.3 Å². The first-order valence-corrected chi connectivity index (χ1v) is 9.93. The first kappa shape index (κ1) is 20.4. The number of carbonyl (C=O) groups is 2. The molecule has 4 rings (SSSR count). The van der Waals surface area contributed by atoms with E-state index in [2.05, 4.69) is 15.2 Å². The molecule has 1 N–H and O–H groups in total. The number of esters is 1. The Morgan fingerprint density at radius 1 is 1.03 bits per heavy atom. The van der Waals surface area contributed by atoms with Crippen LogP contribution in [0.3, 0.4) is 0 Å². The zero-order chi connectivity index (χ0) is 22.0. The Morgan fingerprint density at radius 2 is 1.81 bits per heavy atom. The number of amides is 1. The van der Waals surface area contributed by atoms with Crippen LogP contribution < -0.4 is 5.32 Å². The number of rotatable bonds is 5. The predicted molar refractivity (Wildman–Crippen MR) is 113 cm³/mol. The molecule has 0 radical (unpaired) electrons. The maximum Gasteiger partial charge on any atom is 0.340 e. The fourth-order valence-corrected chi connectivity index (χ4v) is 3.67. The normalized spacial score (nSPS) is 10.7. The number of nitrogens with one attached hydrogen (secondary N) is 1. The first-order chi connectivity index (χ1) is 15.0. The molecule has 0 aliphatic heterocycles. The van der Waals surface area contributed by atoms with Crippen molar-refractivity contribution in [2.45, 2.75) is 0 Å². The number of thiophene rings is 1. The molecule has 156 valence electrons. The van der Waals surface area contributed by atoms with Gasteiger partial charge in [-0.05, 0) is 29.6 Å². The first-order valence-electron chi connectivity index (χ1n) is 9.05. The summed E-state index contributed by atoms with van der Waals surface area (Å²) in [5.74, 6) is -3.75. The number of methoxy groups -OCH3 is 1. The number of hydrogen-bond donors (Lipinski definition) is 1. The summed E-state index contributed by atoms with van der Waals surface area (Å²) in [6.45, 7) is 0. The molecule has 1 amide bonds. The molecular weight excluding hydrogens is 424 g/mol. The van der Waals surface area contributed by atoms with Crippen LogP contribution in [-0.2, 0) is 4.74 Å². The fraction of sp³-hybridized carbons (Fsp3) is 0.0455. The highest BCUT2D eigenvalue weighted by Gasteiger charge is 2.22. The monoisotopic (exact) mass is 439 g/mol. The minimum atomic E-state index is -1.08. The van der Waals surface area contributed by atoms with Crippen LogP contribution in [0.15, 0.2) is 66.2 Å². The second-order valence-electron chi connectivity index (χ2n) is 6.41. The average Bonchev–Trinajstić information content (AvgIpc) is 3.45. The van der Waals surface area contributed by atoms with Crippen molar-refractivity contribution in [1.82, 2.24) is 9.78 Å². The van der Waals surface area contributed by atoms with Gasteiger partial charge in [0, 0.05) is 12.3 Å². The van der Waals surface area contributed by atoms with E-state index in [0.717, 1.165) is 23.7 Å². The number of carbonyl (C=O) groups excluding carboxylic acids is 2.